The van der Waals surface area contributed by atoms with Gasteiger partial charge in [0.05, 0.1) is 6.67 Å². The zero-order valence-corrected chi connectivity index (χ0v) is 7.78. The highest BCUT2D eigenvalue weighted by molar-refractivity contribution is 5.79. The van der Waals surface area contributed by atoms with Gasteiger partial charge in [0.15, 0.2) is 0 Å². The Kier molecular flexibility index (Phi) is 5.78. The summed E-state index contributed by atoms with van der Waals surface area (Å²) in [5.74, 6) is -2.47. The molecule has 0 aliphatic heterocycles. The van der Waals surface area contributed by atoms with Crippen LogP contribution in [0.4, 0.5) is 4.39 Å². The van der Waals surface area contributed by atoms with E-state index >= 15 is 0 Å². The molecule has 2 atom stereocenters. The fourth-order valence-corrected chi connectivity index (χ4v) is 1.11. The fraction of sp³-hybridized carbons (Fsp3) is 0.750. The van der Waals surface area contributed by atoms with E-state index < -0.39 is 30.5 Å². The van der Waals surface area contributed by atoms with Crippen molar-refractivity contribution >= 4 is 11.9 Å². The number of primary amides is 1. The van der Waals surface area contributed by atoms with Crippen LogP contribution in [0.5, 0.6) is 0 Å². The summed E-state index contributed by atoms with van der Waals surface area (Å²) in [6.45, 7) is -0.550. The van der Waals surface area contributed by atoms with Crippen molar-refractivity contribution in [3.8, 4) is 0 Å². The Morgan fingerprint density at radius 2 is 2.00 bits per heavy atom. The van der Waals surface area contributed by atoms with Crippen molar-refractivity contribution in [3.63, 3.8) is 0 Å². The molecule has 0 saturated carbocycles. The molecule has 1 amide bonds. The first kappa shape index (κ1) is 12.8. The van der Waals surface area contributed by atoms with Crippen LogP contribution in [0.2, 0.25) is 0 Å². The Labute approximate surface area is 81.3 Å². The number of aliphatic carboxylic acids is 1. The molecule has 0 aromatic heterocycles. The van der Waals surface area contributed by atoms with Crippen LogP contribution in [0.1, 0.15) is 19.3 Å². The SMILES string of the molecule is NC(=O)C(CCC[19F])CC(N)C(=O)O. The van der Waals surface area contributed by atoms with Gasteiger partial charge in [-0.2, -0.15) is 0 Å². The number of rotatable bonds is 7. The zero-order valence-electron chi connectivity index (χ0n) is 7.78. The standard InChI is InChI=1S/C8H15FN2O3/c9-3-1-2-5(7(11)12)4-6(10)8(13)14/h5-6H,1-4,10H2,(H2,11,12)(H,13,14)/i9+0. The maximum atomic E-state index is 11.8. The van der Waals surface area contributed by atoms with Crippen LogP contribution in [-0.2, 0) is 9.59 Å². The smallest absolute Gasteiger partial charge is 0.320 e. The lowest BCUT2D eigenvalue weighted by Gasteiger charge is -2.14. The molecule has 0 aromatic carbocycles. The molecule has 14 heavy (non-hydrogen) atoms. The van der Waals surface area contributed by atoms with Crippen LogP contribution in [0.3, 0.4) is 0 Å². The lowest BCUT2D eigenvalue weighted by Crippen LogP contribution is -2.36. The predicted octanol–water partition coefficient (Wildman–Crippen LogP) is -0.360. The molecule has 0 radical (unpaired) electrons. The van der Waals surface area contributed by atoms with Gasteiger partial charge < -0.3 is 16.6 Å². The number of nitrogens with two attached hydrogens (primary N) is 2. The first-order chi connectivity index (χ1) is 6.49. The average molecular weight is 206 g/mol. The highest BCUT2D eigenvalue weighted by Crippen LogP contribution is 2.12. The van der Waals surface area contributed by atoms with E-state index in [1.165, 1.54) is 0 Å². The second-order valence-electron chi connectivity index (χ2n) is 3.11. The third kappa shape index (κ3) is 4.76. The second kappa shape index (κ2) is 6.31. The van der Waals surface area contributed by atoms with Crippen LogP contribution in [0, 0.1) is 5.92 Å². The third-order valence-electron chi connectivity index (χ3n) is 1.94. The molecule has 0 spiro atoms. The van der Waals surface area contributed by atoms with Gasteiger partial charge in [-0.15, -0.1) is 0 Å². The molecule has 0 aromatic rings. The van der Waals surface area contributed by atoms with E-state index in [1.54, 1.807) is 0 Å². The second-order valence-corrected chi connectivity index (χ2v) is 3.11. The van der Waals surface area contributed by atoms with Gasteiger partial charge in [-0.3, -0.25) is 14.0 Å². The topological polar surface area (TPSA) is 106 Å². The molecule has 5 N–H and O–H groups in total. The molecule has 82 valence electrons. The van der Waals surface area contributed by atoms with Crippen molar-refractivity contribution in [1.82, 2.24) is 0 Å². The van der Waals surface area contributed by atoms with Crippen molar-refractivity contribution in [3.05, 3.63) is 0 Å². The van der Waals surface area contributed by atoms with Crippen molar-refractivity contribution in [2.24, 2.45) is 17.4 Å². The van der Waals surface area contributed by atoms with Gasteiger partial charge in [0.25, 0.3) is 0 Å². The largest absolute Gasteiger partial charge is 0.480 e. The van der Waals surface area contributed by atoms with Gasteiger partial charge >= 0.3 is 5.97 Å². The van der Waals surface area contributed by atoms with E-state index in [0.29, 0.717) is 0 Å². The first-order valence-electron chi connectivity index (χ1n) is 4.32. The van der Waals surface area contributed by atoms with E-state index in [4.69, 9.17) is 16.6 Å². The minimum atomic E-state index is -1.18. The quantitative estimate of drug-likeness (QED) is 0.528. The van der Waals surface area contributed by atoms with E-state index in [-0.39, 0.29) is 19.3 Å². The first-order valence-corrected chi connectivity index (χ1v) is 4.32. The number of amides is 1. The van der Waals surface area contributed by atoms with Crippen molar-refractivity contribution in [2.75, 3.05) is 6.67 Å². The van der Waals surface area contributed by atoms with Gasteiger partial charge in [-0.25, -0.2) is 0 Å². The summed E-state index contributed by atoms with van der Waals surface area (Å²) in [4.78, 5) is 21.2. The van der Waals surface area contributed by atoms with Crippen molar-refractivity contribution < 1.29 is 19.1 Å². The molecular weight excluding hydrogens is 191 g/mol. The number of hydrogen-bond donors (Lipinski definition) is 3. The molecule has 0 fully saturated rings. The molecule has 0 saturated heterocycles. The van der Waals surface area contributed by atoms with E-state index in [9.17, 15) is 14.0 Å². The normalized spacial score (nSPS) is 14.7. The Balaban J connectivity index is 4.08. The van der Waals surface area contributed by atoms with Gasteiger partial charge in [-0.05, 0) is 19.3 Å². The van der Waals surface area contributed by atoms with Crippen LogP contribution < -0.4 is 11.5 Å². The minimum Gasteiger partial charge on any atom is -0.480 e. The minimum absolute atomic E-state index is 0.0370. The van der Waals surface area contributed by atoms with Crippen LogP contribution in [0.15, 0.2) is 0 Å². The molecule has 0 rings (SSSR count). The number of carbonyl (C=O) groups excluding carboxylic acids is 1. The summed E-state index contributed by atoms with van der Waals surface area (Å²) in [6, 6.07) is -1.12. The van der Waals surface area contributed by atoms with E-state index in [0.717, 1.165) is 0 Å². The Bertz CT molecular complexity index is 211. The van der Waals surface area contributed by atoms with Gasteiger partial charge in [0.2, 0.25) is 5.91 Å². The number of carboxylic acids is 1. The summed E-state index contributed by atoms with van der Waals surface area (Å²) in [7, 11) is 0. The molecule has 0 bridgehead atoms. The van der Waals surface area contributed by atoms with E-state index in [1.807, 2.05) is 0 Å². The number of carboxylic acid groups (broad SMARTS) is 1. The molecule has 0 aliphatic carbocycles. The van der Waals surface area contributed by atoms with Crippen molar-refractivity contribution in [1.29, 1.82) is 0 Å². The maximum Gasteiger partial charge on any atom is 0.320 e. The number of halogens is 1. The van der Waals surface area contributed by atoms with Gasteiger partial charge in [-0.1, -0.05) is 0 Å². The molecule has 5 nitrogen and oxygen atoms in total. The number of alkyl halides is 1. The zero-order chi connectivity index (χ0) is 11.1. The molecule has 0 aliphatic rings. The summed E-state index contributed by atoms with van der Waals surface area (Å²) in [5, 5.41) is 8.49. The summed E-state index contributed by atoms with van der Waals surface area (Å²) in [5.41, 5.74) is 10.2. The number of carbonyl (C=O) groups is 2. The third-order valence-corrected chi connectivity index (χ3v) is 1.94. The Morgan fingerprint density at radius 3 is 2.36 bits per heavy atom. The van der Waals surface area contributed by atoms with E-state index in [2.05, 4.69) is 0 Å². The lowest BCUT2D eigenvalue weighted by atomic mass is 9.95. The maximum absolute atomic E-state index is 11.8. The Morgan fingerprint density at radius 1 is 1.43 bits per heavy atom. The summed E-state index contributed by atoms with van der Waals surface area (Å²) < 4.78 is 11.8. The molecule has 6 heteroatoms. The van der Waals surface area contributed by atoms with Crippen LogP contribution >= 0.6 is 0 Å². The average Bonchev–Trinajstić information content (AvgIpc) is 2.10. The summed E-state index contributed by atoms with van der Waals surface area (Å²) in [6.07, 6.45) is 0.400. The monoisotopic (exact) mass is 206 g/mol. The van der Waals surface area contributed by atoms with Gasteiger partial charge in [0.1, 0.15) is 6.04 Å². The van der Waals surface area contributed by atoms with Crippen LogP contribution in [0.25, 0.3) is 0 Å². The van der Waals surface area contributed by atoms with Gasteiger partial charge in [0, 0.05) is 5.92 Å². The summed E-state index contributed by atoms with van der Waals surface area (Å²) >= 11 is 0. The fourth-order valence-electron chi connectivity index (χ4n) is 1.11. The lowest BCUT2D eigenvalue weighted by molar-refractivity contribution is -0.139. The highest BCUT2D eigenvalue weighted by atomic mass is 19.1. The predicted molar refractivity (Wildman–Crippen MR) is 48.1 cm³/mol. The Hall–Kier alpha value is -1.17. The van der Waals surface area contributed by atoms with Crippen molar-refractivity contribution in [2.45, 2.75) is 25.3 Å². The molecular formula is C8H15FN2O3. The molecule has 0 heterocycles. The molecule has 2 unspecified atom stereocenters. The van der Waals surface area contributed by atoms with Crippen LogP contribution in [-0.4, -0.2) is 29.7 Å². The highest BCUT2D eigenvalue weighted by Gasteiger charge is 2.22. The number of hydrogen-bond acceptors (Lipinski definition) is 3.